The zero-order valence-corrected chi connectivity index (χ0v) is 11.5. The van der Waals surface area contributed by atoms with Crippen LogP contribution in [0.25, 0.3) is 0 Å². The van der Waals surface area contributed by atoms with Gasteiger partial charge in [0.25, 0.3) is 0 Å². The fraction of sp³-hybridized carbons (Fsp3) is 0.571. The first-order valence-electron chi connectivity index (χ1n) is 6.77. The van der Waals surface area contributed by atoms with E-state index in [0.29, 0.717) is 13.0 Å². The lowest BCUT2D eigenvalue weighted by Gasteiger charge is -2.39. The van der Waals surface area contributed by atoms with Crippen LogP contribution in [0.2, 0.25) is 0 Å². The van der Waals surface area contributed by atoms with Crippen molar-refractivity contribution in [3.8, 4) is 0 Å². The van der Waals surface area contributed by atoms with Crippen molar-refractivity contribution in [1.82, 2.24) is 14.8 Å². The van der Waals surface area contributed by atoms with Gasteiger partial charge in [0.05, 0.1) is 6.04 Å². The number of nitrogens with zero attached hydrogens (tertiary/aromatic N) is 3. The van der Waals surface area contributed by atoms with Gasteiger partial charge >= 0.3 is 0 Å². The number of pyridine rings is 1. The van der Waals surface area contributed by atoms with Gasteiger partial charge in [0.15, 0.2) is 0 Å². The normalized spacial score (nSPS) is 20.5. The van der Waals surface area contributed by atoms with Gasteiger partial charge in [0.2, 0.25) is 5.91 Å². The quantitative estimate of drug-likeness (QED) is 0.837. The molecule has 1 saturated heterocycles. The second kappa shape index (κ2) is 6.63. The number of hydrogen-bond donors (Lipinski definition) is 1. The molecule has 1 aliphatic heterocycles. The maximum Gasteiger partial charge on any atom is 0.223 e. The van der Waals surface area contributed by atoms with Crippen LogP contribution >= 0.6 is 0 Å². The number of piperazine rings is 1. The summed E-state index contributed by atoms with van der Waals surface area (Å²) >= 11 is 0. The standard InChI is InChI=1S/C14H22N4O/c1-17-7-8-18(13(9-15)11-17)14(19)5-4-12-3-2-6-16-10-12/h2-3,6,10,13H,4-5,7-9,11,15H2,1H3. The van der Waals surface area contributed by atoms with Crippen molar-refractivity contribution in [2.75, 3.05) is 33.2 Å². The summed E-state index contributed by atoms with van der Waals surface area (Å²) in [6.45, 7) is 3.11. The highest BCUT2D eigenvalue weighted by molar-refractivity contribution is 5.77. The Kier molecular flexibility index (Phi) is 4.87. The minimum Gasteiger partial charge on any atom is -0.336 e. The molecule has 104 valence electrons. The topological polar surface area (TPSA) is 62.5 Å². The second-order valence-electron chi connectivity index (χ2n) is 5.10. The highest BCUT2D eigenvalue weighted by Crippen LogP contribution is 2.11. The summed E-state index contributed by atoms with van der Waals surface area (Å²) in [5.74, 6) is 0.201. The van der Waals surface area contributed by atoms with E-state index in [1.807, 2.05) is 23.2 Å². The molecule has 1 amide bonds. The van der Waals surface area contributed by atoms with Crippen LogP contribution in [0.5, 0.6) is 0 Å². The maximum atomic E-state index is 12.3. The Hall–Kier alpha value is -1.46. The van der Waals surface area contributed by atoms with Crippen LogP contribution in [0.3, 0.4) is 0 Å². The molecule has 0 bridgehead atoms. The molecule has 0 aromatic carbocycles. The molecule has 1 fully saturated rings. The molecule has 0 spiro atoms. The summed E-state index contributed by atoms with van der Waals surface area (Å²) in [5, 5.41) is 0. The van der Waals surface area contributed by atoms with E-state index < -0.39 is 0 Å². The van der Waals surface area contributed by atoms with Crippen LogP contribution in [-0.2, 0) is 11.2 Å². The zero-order chi connectivity index (χ0) is 13.7. The van der Waals surface area contributed by atoms with E-state index in [0.717, 1.165) is 31.6 Å². The largest absolute Gasteiger partial charge is 0.336 e. The molecule has 5 nitrogen and oxygen atoms in total. The van der Waals surface area contributed by atoms with Crippen molar-refractivity contribution in [1.29, 1.82) is 0 Å². The number of nitrogens with two attached hydrogens (primary N) is 1. The Morgan fingerprint density at radius 1 is 1.53 bits per heavy atom. The van der Waals surface area contributed by atoms with Gasteiger partial charge in [-0.05, 0) is 25.1 Å². The van der Waals surface area contributed by atoms with Crippen molar-refractivity contribution in [2.24, 2.45) is 5.73 Å². The number of amides is 1. The van der Waals surface area contributed by atoms with Gasteiger partial charge in [-0.15, -0.1) is 0 Å². The van der Waals surface area contributed by atoms with E-state index in [-0.39, 0.29) is 11.9 Å². The van der Waals surface area contributed by atoms with Crippen LogP contribution in [0.1, 0.15) is 12.0 Å². The molecular weight excluding hydrogens is 240 g/mol. The van der Waals surface area contributed by atoms with E-state index >= 15 is 0 Å². The number of aromatic nitrogens is 1. The minimum atomic E-state index is 0.153. The summed E-state index contributed by atoms with van der Waals surface area (Å²) in [7, 11) is 2.07. The Balaban J connectivity index is 1.88. The Bertz CT molecular complexity index is 409. The second-order valence-corrected chi connectivity index (χ2v) is 5.10. The van der Waals surface area contributed by atoms with Crippen molar-refractivity contribution in [3.63, 3.8) is 0 Å². The van der Waals surface area contributed by atoms with Crippen molar-refractivity contribution >= 4 is 5.91 Å². The monoisotopic (exact) mass is 262 g/mol. The first kappa shape index (κ1) is 14.0. The summed E-state index contributed by atoms with van der Waals surface area (Å²) in [6, 6.07) is 4.06. The van der Waals surface area contributed by atoms with E-state index in [2.05, 4.69) is 16.9 Å². The van der Waals surface area contributed by atoms with E-state index in [4.69, 9.17) is 5.73 Å². The molecule has 2 rings (SSSR count). The van der Waals surface area contributed by atoms with Gasteiger partial charge < -0.3 is 15.5 Å². The number of hydrogen-bond acceptors (Lipinski definition) is 4. The fourth-order valence-corrected chi connectivity index (χ4v) is 2.48. The summed E-state index contributed by atoms with van der Waals surface area (Å²) in [5.41, 5.74) is 6.88. The number of rotatable bonds is 4. The van der Waals surface area contributed by atoms with Crippen molar-refractivity contribution in [2.45, 2.75) is 18.9 Å². The molecule has 5 heteroatoms. The Morgan fingerprint density at radius 2 is 2.37 bits per heavy atom. The molecule has 1 aromatic rings. The number of likely N-dealkylation sites (N-methyl/N-ethyl adjacent to an activating group) is 1. The molecule has 0 aliphatic carbocycles. The molecule has 0 radical (unpaired) electrons. The van der Waals surface area contributed by atoms with Gasteiger partial charge in [0, 0.05) is 45.0 Å². The predicted molar refractivity (Wildman–Crippen MR) is 74.6 cm³/mol. The molecule has 1 unspecified atom stereocenters. The first-order chi connectivity index (χ1) is 9.20. The lowest BCUT2D eigenvalue weighted by Crippen LogP contribution is -2.56. The van der Waals surface area contributed by atoms with Gasteiger partial charge in [0.1, 0.15) is 0 Å². The molecule has 2 N–H and O–H groups in total. The molecule has 1 atom stereocenters. The average molecular weight is 262 g/mol. The van der Waals surface area contributed by atoms with Crippen LogP contribution in [0, 0.1) is 0 Å². The average Bonchev–Trinajstić information content (AvgIpc) is 2.45. The number of aryl methyl sites for hydroxylation is 1. The third kappa shape index (κ3) is 3.75. The molecule has 19 heavy (non-hydrogen) atoms. The maximum absolute atomic E-state index is 12.3. The van der Waals surface area contributed by atoms with Crippen LogP contribution in [-0.4, -0.2) is 60.0 Å². The van der Waals surface area contributed by atoms with Gasteiger partial charge in [-0.25, -0.2) is 0 Å². The zero-order valence-electron chi connectivity index (χ0n) is 11.5. The number of carbonyl (C=O) groups excluding carboxylic acids is 1. The molecule has 2 heterocycles. The summed E-state index contributed by atoms with van der Waals surface area (Å²) in [4.78, 5) is 20.5. The van der Waals surface area contributed by atoms with E-state index in [9.17, 15) is 4.79 Å². The van der Waals surface area contributed by atoms with E-state index in [1.54, 1.807) is 6.20 Å². The lowest BCUT2D eigenvalue weighted by atomic mass is 10.1. The SMILES string of the molecule is CN1CCN(C(=O)CCc2cccnc2)C(CN)C1. The Labute approximate surface area is 114 Å². The third-order valence-electron chi connectivity index (χ3n) is 3.63. The highest BCUT2D eigenvalue weighted by atomic mass is 16.2. The summed E-state index contributed by atoms with van der Waals surface area (Å²) in [6.07, 6.45) is 4.84. The fourth-order valence-electron chi connectivity index (χ4n) is 2.48. The van der Waals surface area contributed by atoms with Crippen LogP contribution in [0.4, 0.5) is 0 Å². The van der Waals surface area contributed by atoms with Crippen LogP contribution < -0.4 is 5.73 Å². The number of carbonyl (C=O) groups is 1. The van der Waals surface area contributed by atoms with Crippen LogP contribution in [0.15, 0.2) is 24.5 Å². The molecule has 0 saturated carbocycles. The van der Waals surface area contributed by atoms with Crippen molar-refractivity contribution < 1.29 is 4.79 Å². The third-order valence-corrected chi connectivity index (χ3v) is 3.63. The van der Waals surface area contributed by atoms with Gasteiger partial charge in [-0.1, -0.05) is 6.07 Å². The Morgan fingerprint density at radius 3 is 3.05 bits per heavy atom. The first-order valence-corrected chi connectivity index (χ1v) is 6.77. The van der Waals surface area contributed by atoms with Gasteiger partial charge in [-0.3, -0.25) is 9.78 Å². The summed E-state index contributed by atoms with van der Waals surface area (Å²) < 4.78 is 0. The molecule has 1 aliphatic rings. The lowest BCUT2D eigenvalue weighted by molar-refractivity contribution is -0.135. The van der Waals surface area contributed by atoms with Crippen molar-refractivity contribution in [3.05, 3.63) is 30.1 Å². The minimum absolute atomic E-state index is 0.153. The highest BCUT2D eigenvalue weighted by Gasteiger charge is 2.27. The predicted octanol–water partition coefficient (Wildman–Crippen LogP) is 0.116. The smallest absolute Gasteiger partial charge is 0.223 e. The molecular formula is C14H22N4O. The molecule has 1 aromatic heterocycles. The van der Waals surface area contributed by atoms with Gasteiger partial charge in [-0.2, -0.15) is 0 Å². The van der Waals surface area contributed by atoms with E-state index in [1.165, 1.54) is 0 Å².